The smallest absolute Gasteiger partial charge is 0.265 e. The number of anilines is 2. The maximum absolute atomic E-state index is 12.8. The SMILES string of the molecule is CC(=O)Nc1cccc(NC(=O)c2cc3c(s2)-c2ccccc2CC3)c1C. The number of carbonyl (C=O) groups excluding carboxylic acids is 2. The summed E-state index contributed by atoms with van der Waals surface area (Å²) in [4.78, 5) is 26.1. The van der Waals surface area contributed by atoms with E-state index in [0.717, 1.165) is 18.4 Å². The van der Waals surface area contributed by atoms with Crippen molar-refractivity contribution < 1.29 is 9.59 Å². The van der Waals surface area contributed by atoms with E-state index in [9.17, 15) is 9.59 Å². The molecule has 0 fully saturated rings. The van der Waals surface area contributed by atoms with Crippen molar-refractivity contribution in [3.8, 4) is 10.4 Å². The standard InChI is InChI=1S/C22H20N2O2S/c1-13-18(23-14(2)25)8-5-9-19(13)24-22(26)20-12-16-11-10-15-6-3-4-7-17(15)21(16)27-20/h3-9,12H,10-11H2,1-2H3,(H,23,25)(H,24,26). The maximum Gasteiger partial charge on any atom is 0.265 e. The Kier molecular flexibility index (Phi) is 4.54. The Hall–Kier alpha value is -2.92. The molecule has 2 aromatic carbocycles. The van der Waals surface area contributed by atoms with Crippen LogP contribution in [0.15, 0.2) is 48.5 Å². The number of thiophene rings is 1. The normalized spacial score (nSPS) is 12.1. The molecule has 1 heterocycles. The van der Waals surface area contributed by atoms with Crippen LogP contribution in [0.4, 0.5) is 11.4 Å². The molecule has 4 rings (SSSR count). The molecule has 2 N–H and O–H groups in total. The lowest BCUT2D eigenvalue weighted by Gasteiger charge is -2.15. The summed E-state index contributed by atoms with van der Waals surface area (Å²) >= 11 is 1.54. The summed E-state index contributed by atoms with van der Waals surface area (Å²) in [5.74, 6) is -0.249. The fraction of sp³-hybridized carbons (Fsp3) is 0.182. The van der Waals surface area contributed by atoms with Crippen LogP contribution in [-0.4, -0.2) is 11.8 Å². The third-order valence-corrected chi connectivity index (χ3v) is 6.06. The highest BCUT2D eigenvalue weighted by Crippen LogP contribution is 2.39. The van der Waals surface area contributed by atoms with Crippen LogP contribution in [0.3, 0.4) is 0 Å². The predicted octanol–water partition coefficient (Wildman–Crippen LogP) is 5.03. The minimum absolute atomic E-state index is 0.116. The lowest BCUT2D eigenvalue weighted by atomic mass is 9.91. The van der Waals surface area contributed by atoms with Gasteiger partial charge < -0.3 is 10.6 Å². The number of amides is 2. The van der Waals surface area contributed by atoms with Gasteiger partial charge >= 0.3 is 0 Å². The average molecular weight is 376 g/mol. The summed E-state index contributed by atoms with van der Waals surface area (Å²) in [6.07, 6.45) is 1.98. The number of hydrogen-bond donors (Lipinski definition) is 2. The van der Waals surface area contributed by atoms with E-state index < -0.39 is 0 Å². The molecule has 4 nitrogen and oxygen atoms in total. The zero-order chi connectivity index (χ0) is 19.0. The molecule has 0 unspecified atom stereocenters. The van der Waals surface area contributed by atoms with Crippen LogP contribution < -0.4 is 10.6 Å². The van der Waals surface area contributed by atoms with E-state index in [4.69, 9.17) is 0 Å². The Labute approximate surface area is 162 Å². The molecule has 27 heavy (non-hydrogen) atoms. The quantitative estimate of drug-likeness (QED) is 0.673. The van der Waals surface area contributed by atoms with E-state index in [0.29, 0.717) is 16.3 Å². The molecule has 0 atom stereocenters. The van der Waals surface area contributed by atoms with Crippen molar-refractivity contribution >= 4 is 34.5 Å². The summed E-state index contributed by atoms with van der Waals surface area (Å²) < 4.78 is 0. The first kappa shape index (κ1) is 17.5. The third kappa shape index (κ3) is 3.38. The molecule has 0 radical (unpaired) electrons. The first-order valence-corrected chi connectivity index (χ1v) is 9.74. The second kappa shape index (κ2) is 7.00. The average Bonchev–Trinajstić information content (AvgIpc) is 3.09. The van der Waals surface area contributed by atoms with Gasteiger partial charge in [0.25, 0.3) is 5.91 Å². The Bertz CT molecular complexity index is 1050. The molecule has 3 aromatic rings. The number of fused-ring (bicyclic) bond motifs is 3. The van der Waals surface area contributed by atoms with Crippen LogP contribution in [-0.2, 0) is 17.6 Å². The first-order valence-electron chi connectivity index (χ1n) is 8.92. The molecule has 1 aromatic heterocycles. The van der Waals surface area contributed by atoms with Gasteiger partial charge in [0, 0.05) is 23.2 Å². The van der Waals surface area contributed by atoms with E-state index in [2.05, 4.69) is 28.8 Å². The van der Waals surface area contributed by atoms with Crippen LogP contribution in [0.2, 0.25) is 0 Å². The van der Waals surface area contributed by atoms with Gasteiger partial charge in [-0.05, 0) is 60.2 Å². The summed E-state index contributed by atoms with van der Waals surface area (Å²) in [7, 11) is 0. The molecule has 0 aliphatic heterocycles. The summed E-state index contributed by atoms with van der Waals surface area (Å²) in [5, 5.41) is 5.78. The molecular formula is C22H20N2O2S. The van der Waals surface area contributed by atoms with Gasteiger partial charge in [0.05, 0.1) is 4.88 Å². The number of rotatable bonds is 3. The molecule has 0 spiro atoms. The first-order chi connectivity index (χ1) is 13.0. The molecule has 1 aliphatic carbocycles. The van der Waals surface area contributed by atoms with Crippen molar-refractivity contribution in [1.29, 1.82) is 0 Å². The number of nitrogens with one attached hydrogen (secondary N) is 2. The van der Waals surface area contributed by atoms with Crippen molar-refractivity contribution in [3.05, 3.63) is 70.1 Å². The number of hydrogen-bond acceptors (Lipinski definition) is 3. The molecule has 0 saturated heterocycles. The fourth-order valence-electron chi connectivity index (χ4n) is 3.46. The summed E-state index contributed by atoms with van der Waals surface area (Å²) in [6.45, 7) is 3.36. The van der Waals surface area contributed by atoms with Crippen LogP contribution >= 0.6 is 11.3 Å². The second-order valence-corrected chi connectivity index (χ2v) is 7.79. The lowest BCUT2D eigenvalue weighted by molar-refractivity contribution is -0.114. The highest BCUT2D eigenvalue weighted by atomic mass is 32.1. The van der Waals surface area contributed by atoms with Crippen molar-refractivity contribution in [3.63, 3.8) is 0 Å². The Balaban J connectivity index is 1.61. The van der Waals surface area contributed by atoms with Gasteiger partial charge in [0.1, 0.15) is 0 Å². The maximum atomic E-state index is 12.8. The van der Waals surface area contributed by atoms with Gasteiger partial charge in [0.2, 0.25) is 5.91 Å². The van der Waals surface area contributed by atoms with Gasteiger partial charge in [-0.25, -0.2) is 0 Å². The molecule has 2 amide bonds. The van der Waals surface area contributed by atoms with Crippen LogP contribution in [0.1, 0.15) is 33.3 Å². The van der Waals surface area contributed by atoms with Crippen LogP contribution in [0.5, 0.6) is 0 Å². The van der Waals surface area contributed by atoms with Crippen molar-refractivity contribution in [2.45, 2.75) is 26.7 Å². The highest BCUT2D eigenvalue weighted by Gasteiger charge is 2.21. The molecule has 0 saturated carbocycles. The number of benzene rings is 2. The van der Waals surface area contributed by atoms with E-state index in [1.54, 1.807) is 11.3 Å². The topological polar surface area (TPSA) is 58.2 Å². The van der Waals surface area contributed by atoms with E-state index in [-0.39, 0.29) is 11.8 Å². The van der Waals surface area contributed by atoms with Crippen LogP contribution in [0, 0.1) is 6.92 Å². The van der Waals surface area contributed by atoms with Gasteiger partial charge in [0.15, 0.2) is 0 Å². The molecule has 136 valence electrons. The largest absolute Gasteiger partial charge is 0.326 e. The van der Waals surface area contributed by atoms with Crippen molar-refractivity contribution in [1.82, 2.24) is 0 Å². The van der Waals surface area contributed by atoms with Crippen molar-refractivity contribution in [2.24, 2.45) is 0 Å². The predicted molar refractivity (Wildman–Crippen MR) is 111 cm³/mol. The summed E-state index contributed by atoms with van der Waals surface area (Å²) in [6, 6.07) is 15.9. The fourth-order valence-corrected chi connectivity index (χ4v) is 4.63. The van der Waals surface area contributed by atoms with Gasteiger partial charge in [-0.3, -0.25) is 9.59 Å². The Morgan fingerprint density at radius 1 is 0.926 bits per heavy atom. The van der Waals surface area contributed by atoms with Gasteiger partial charge in [-0.1, -0.05) is 30.3 Å². The van der Waals surface area contributed by atoms with Gasteiger partial charge in [-0.15, -0.1) is 11.3 Å². The van der Waals surface area contributed by atoms with Crippen LogP contribution in [0.25, 0.3) is 10.4 Å². The monoisotopic (exact) mass is 376 g/mol. The molecule has 5 heteroatoms. The zero-order valence-electron chi connectivity index (χ0n) is 15.3. The summed E-state index contributed by atoms with van der Waals surface area (Å²) in [5.41, 5.74) is 6.09. The number of carbonyl (C=O) groups is 2. The third-order valence-electron chi connectivity index (χ3n) is 4.85. The lowest BCUT2D eigenvalue weighted by Crippen LogP contribution is -2.13. The molecule has 1 aliphatic rings. The minimum atomic E-state index is -0.133. The number of aryl methyl sites for hydroxylation is 2. The van der Waals surface area contributed by atoms with E-state index in [1.807, 2.05) is 37.3 Å². The van der Waals surface area contributed by atoms with Gasteiger partial charge in [-0.2, -0.15) is 0 Å². The van der Waals surface area contributed by atoms with Crippen molar-refractivity contribution in [2.75, 3.05) is 10.6 Å². The minimum Gasteiger partial charge on any atom is -0.326 e. The molecule has 0 bridgehead atoms. The second-order valence-electron chi connectivity index (χ2n) is 6.74. The highest BCUT2D eigenvalue weighted by molar-refractivity contribution is 7.17. The van der Waals surface area contributed by atoms with E-state index in [1.165, 1.54) is 28.5 Å². The van der Waals surface area contributed by atoms with E-state index >= 15 is 0 Å². The Morgan fingerprint density at radius 2 is 1.63 bits per heavy atom. The molecular weight excluding hydrogens is 356 g/mol. The zero-order valence-corrected chi connectivity index (χ0v) is 16.1. The Morgan fingerprint density at radius 3 is 2.41 bits per heavy atom.